The summed E-state index contributed by atoms with van der Waals surface area (Å²) < 4.78 is 2.98. The minimum atomic E-state index is -0.536. The standard InChI is InChI=1S/C21H20N6O3/c1-13-3-5-15(6-4-13)12-27-17-18(26(2)21(30)24-19(17)29)23-20(27)25-22-11-14-7-9-16(28)10-8-14/h3-11,28H,12H2,1-2H3,(H,23,25)(H,24,29,30)/b22-11+. The smallest absolute Gasteiger partial charge is 0.329 e. The molecule has 0 saturated carbocycles. The van der Waals surface area contributed by atoms with Gasteiger partial charge in [-0.05, 0) is 42.3 Å². The lowest BCUT2D eigenvalue weighted by Gasteiger charge is -2.08. The third-order valence-corrected chi connectivity index (χ3v) is 4.74. The van der Waals surface area contributed by atoms with Gasteiger partial charge < -0.3 is 5.11 Å². The van der Waals surface area contributed by atoms with Crippen molar-refractivity contribution < 1.29 is 5.11 Å². The molecule has 2 aromatic carbocycles. The molecular formula is C21H20N6O3. The van der Waals surface area contributed by atoms with Crippen molar-refractivity contribution in [2.75, 3.05) is 5.43 Å². The number of rotatable bonds is 5. The number of imidazole rings is 1. The third kappa shape index (κ3) is 3.72. The molecule has 30 heavy (non-hydrogen) atoms. The molecule has 4 aromatic rings. The molecule has 2 aromatic heterocycles. The minimum absolute atomic E-state index is 0.167. The van der Waals surface area contributed by atoms with Gasteiger partial charge in [-0.15, -0.1) is 0 Å². The number of aromatic hydroxyl groups is 1. The number of hydrogen-bond donors (Lipinski definition) is 3. The van der Waals surface area contributed by atoms with E-state index in [9.17, 15) is 14.7 Å². The summed E-state index contributed by atoms with van der Waals surface area (Å²) in [5.41, 5.74) is 5.23. The Bertz CT molecular complexity index is 1350. The van der Waals surface area contributed by atoms with Crippen LogP contribution in [-0.4, -0.2) is 30.4 Å². The molecule has 2 heterocycles. The molecule has 0 radical (unpaired) electrons. The van der Waals surface area contributed by atoms with E-state index in [2.05, 4.69) is 20.5 Å². The summed E-state index contributed by atoms with van der Waals surface area (Å²) >= 11 is 0. The first-order valence-electron chi connectivity index (χ1n) is 9.25. The predicted octanol–water partition coefficient (Wildman–Crippen LogP) is 1.93. The molecule has 0 unspecified atom stereocenters. The molecular weight excluding hydrogens is 384 g/mol. The van der Waals surface area contributed by atoms with Crippen molar-refractivity contribution in [1.29, 1.82) is 0 Å². The Morgan fingerprint density at radius 1 is 1.13 bits per heavy atom. The fourth-order valence-corrected chi connectivity index (χ4v) is 3.07. The summed E-state index contributed by atoms with van der Waals surface area (Å²) in [5.74, 6) is 0.493. The van der Waals surface area contributed by atoms with Gasteiger partial charge in [0.1, 0.15) is 5.75 Å². The number of hydrogen-bond acceptors (Lipinski definition) is 6. The molecule has 0 spiro atoms. The summed E-state index contributed by atoms with van der Waals surface area (Å²) in [6.45, 7) is 2.37. The summed E-state index contributed by atoms with van der Waals surface area (Å²) in [4.78, 5) is 31.3. The summed E-state index contributed by atoms with van der Waals surface area (Å²) in [6, 6.07) is 14.5. The van der Waals surface area contributed by atoms with E-state index in [4.69, 9.17) is 0 Å². The monoisotopic (exact) mass is 404 g/mol. The van der Waals surface area contributed by atoms with E-state index in [1.165, 1.54) is 4.57 Å². The first-order chi connectivity index (χ1) is 14.4. The highest BCUT2D eigenvalue weighted by atomic mass is 16.3. The number of benzene rings is 2. The molecule has 9 heteroatoms. The van der Waals surface area contributed by atoms with Gasteiger partial charge in [0.2, 0.25) is 5.95 Å². The van der Waals surface area contributed by atoms with Gasteiger partial charge in [0.05, 0.1) is 12.8 Å². The van der Waals surface area contributed by atoms with Crippen LogP contribution in [0.25, 0.3) is 11.2 Å². The maximum atomic E-state index is 12.5. The zero-order valence-corrected chi connectivity index (χ0v) is 16.5. The molecule has 0 aliphatic heterocycles. The van der Waals surface area contributed by atoms with E-state index >= 15 is 0 Å². The average molecular weight is 404 g/mol. The van der Waals surface area contributed by atoms with Crippen LogP contribution >= 0.6 is 0 Å². The Morgan fingerprint density at radius 3 is 2.53 bits per heavy atom. The second kappa shape index (κ2) is 7.70. The number of aromatic amines is 1. The average Bonchev–Trinajstić information content (AvgIpc) is 3.08. The van der Waals surface area contributed by atoms with Gasteiger partial charge in [0.25, 0.3) is 5.56 Å². The number of fused-ring (bicyclic) bond motifs is 1. The van der Waals surface area contributed by atoms with E-state index in [0.717, 1.165) is 16.7 Å². The van der Waals surface area contributed by atoms with Gasteiger partial charge in [-0.25, -0.2) is 10.2 Å². The Labute approximate surface area is 171 Å². The van der Waals surface area contributed by atoms with Crippen LogP contribution in [0.4, 0.5) is 5.95 Å². The van der Waals surface area contributed by atoms with Crippen molar-refractivity contribution in [1.82, 2.24) is 19.1 Å². The predicted molar refractivity (Wildman–Crippen MR) is 115 cm³/mol. The molecule has 0 amide bonds. The van der Waals surface area contributed by atoms with E-state index in [1.54, 1.807) is 42.1 Å². The molecule has 0 fully saturated rings. The topological polar surface area (TPSA) is 117 Å². The van der Waals surface area contributed by atoms with E-state index < -0.39 is 11.2 Å². The molecule has 4 rings (SSSR count). The highest BCUT2D eigenvalue weighted by Gasteiger charge is 2.17. The number of aromatic nitrogens is 4. The van der Waals surface area contributed by atoms with Gasteiger partial charge in [0.15, 0.2) is 11.2 Å². The zero-order valence-electron chi connectivity index (χ0n) is 16.5. The van der Waals surface area contributed by atoms with Crippen molar-refractivity contribution in [2.24, 2.45) is 12.1 Å². The Balaban J connectivity index is 1.77. The van der Waals surface area contributed by atoms with Crippen LogP contribution < -0.4 is 16.7 Å². The molecule has 9 nitrogen and oxygen atoms in total. The lowest BCUT2D eigenvalue weighted by Crippen LogP contribution is -2.29. The summed E-state index contributed by atoms with van der Waals surface area (Å²) in [5, 5.41) is 13.6. The third-order valence-electron chi connectivity index (χ3n) is 4.74. The number of phenolic OH excluding ortho intramolecular Hbond substituents is 1. The van der Waals surface area contributed by atoms with Gasteiger partial charge in [-0.3, -0.25) is 18.9 Å². The van der Waals surface area contributed by atoms with Crippen LogP contribution in [0.15, 0.2) is 63.2 Å². The quantitative estimate of drug-likeness (QED) is 0.347. The number of H-pyrrole nitrogens is 1. The summed E-state index contributed by atoms with van der Waals surface area (Å²) in [7, 11) is 1.55. The largest absolute Gasteiger partial charge is 0.508 e. The first kappa shape index (κ1) is 19.2. The number of aryl methyl sites for hydroxylation is 2. The summed E-state index contributed by atoms with van der Waals surface area (Å²) in [6.07, 6.45) is 1.57. The van der Waals surface area contributed by atoms with Gasteiger partial charge in [0, 0.05) is 7.05 Å². The number of nitrogens with zero attached hydrogens (tertiary/aromatic N) is 4. The second-order valence-electron chi connectivity index (χ2n) is 6.96. The van der Waals surface area contributed by atoms with Crippen molar-refractivity contribution in [2.45, 2.75) is 13.5 Å². The Hall–Kier alpha value is -4.14. The molecule has 0 aliphatic carbocycles. The fourth-order valence-electron chi connectivity index (χ4n) is 3.07. The maximum absolute atomic E-state index is 12.5. The van der Waals surface area contributed by atoms with E-state index in [0.29, 0.717) is 12.5 Å². The number of phenols is 1. The van der Waals surface area contributed by atoms with E-state index in [1.807, 2.05) is 31.2 Å². The highest BCUT2D eigenvalue weighted by Crippen LogP contribution is 2.18. The van der Waals surface area contributed by atoms with Crippen LogP contribution in [0.5, 0.6) is 5.75 Å². The normalized spacial score (nSPS) is 11.4. The molecule has 0 atom stereocenters. The van der Waals surface area contributed by atoms with Crippen LogP contribution in [0.2, 0.25) is 0 Å². The van der Waals surface area contributed by atoms with Crippen molar-refractivity contribution in [3.05, 3.63) is 86.1 Å². The molecule has 0 aliphatic rings. The lowest BCUT2D eigenvalue weighted by atomic mass is 10.1. The van der Waals surface area contributed by atoms with Crippen LogP contribution in [0.3, 0.4) is 0 Å². The maximum Gasteiger partial charge on any atom is 0.329 e. The number of anilines is 1. The van der Waals surface area contributed by atoms with Gasteiger partial charge in [-0.1, -0.05) is 29.8 Å². The Morgan fingerprint density at radius 2 is 1.83 bits per heavy atom. The van der Waals surface area contributed by atoms with Crippen molar-refractivity contribution in [3.63, 3.8) is 0 Å². The van der Waals surface area contributed by atoms with E-state index in [-0.39, 0.29) is 16.9 Å². The number of hydrazone groups is 1. The SMILES string of the molecule is Cc1ccc(Cn2c(N/N=C/c3ccc(O)cc3)nc3c2c(=O)[nH]c(=O)n3C)cc1. The van der Waals surface area contributed by atoms with Crippen LogP contribution in [0.1, 0.15) is 16.7 Å². The highest BCUT2D eigenvalue weighted by molar-refractivity contribution is 5.80. The fraction of sp³-hybridized carbons (Fsp3) is 0.143. The van der Waals surface area contributed by atoms with Crippen molar-refractivity contribution in [3.8, 4) is 5.75 Å². The van der Waals surface area contributed by atoms with Gasteiger partial charge >= 0.3 is 5.69 Å². The van der Waals surface area contributed by atoms with Crippen molar-refractivity contribution >= 4 is 23.3 Å². The molecule has 3 N–H and O–H groups in total. The Kier molecular flexibility index (Phi) is 4.93. The zero-order chi connectivity index (χ0) is 21.3. The number of nitrogens with one attached hydrogen (secondary N) is 2. The lowest BCUT2D eigenvalue weighted by molar-refractivity contribution is 0.475. The van der Waals surface area contributed by atoms with Crippen LogP contribution in [-0.2, 0) is 13.6 Å². The molecule has 0 bridgehead atoms. The van der Waals surface area contributed by atoms with Gasteiger partial charge in [-0.2, -0.15) is 10.1 Å². The first-order valence-corrected chi connectivity index (χ1v) is 9.25. The second-order valence-corrected chi connectivity index (χ2v) is 6.96. The minimum Gasteiger partial charge on any atom is -0.508 e. The molecule has 0 saturated heterocycles. The van der Waals surface area contributed by atoms with Crippen LogP contribution in [0, 0.1) is 6.92 Å². The molecule has 152 valence electrons.